The van der Waals surface area contributed by atoms with E-state index in [1.165, 1.54) is 19.2 Å². The van der Waals surface area contributed by atoms with Crippen molar-refractivity contribution in [3.05, 3.63) is 27.8 Å². The molecule has 0 unspecified atom stereocenters. The molecular weight excluding hydrogens is 238 g/mol. The summed E-state index contributed by atoms with van der Waals surface area (Å²) in [4.78, 5) is 21.2. The molecule has 1 aromatic rings. The number of carbonyl (C=O) groups is 1. The highest BCUT2D eigenvalue weighted by atomic mass is 16.6. The molecule has 0 N–H and O–H groups in total. The largest absolute Gasteiger partial charge is 0.493 e. The number of ether oxygens (including phenoxy) is 2. The van der Waals surface area contributed by atoms with Crippen LogP contribution in [0.3, 0.4) is 0 Å². The van der Waals surface area contributed by atoms with Gasteiger partial charge in [-0.1, -0.05) is 13.3 Å². The second-order valence-electron chi connectivity index (χ2n) is 3.61. The van der Waals surface area contributed by atoms with Crippen LogP contribution in [-0.2, 0) is 0 Å². The van der Waals surface area contributed by atoms with Crippen molar-refractivity contribution in [1.29, 1.82) is 0 Å². The zero-order valence-electron chi connectivity index (χ0n) is 10.3. The number of nitrogens with zero attached hydrogens (tertiary/aromatic N) is 1. The number of unbranched alkanes of at least 4 members (excludes halogenated alkanes) is 1. The standard InChI is InChI=1S/C12H15NO5/c1-3-4-7-18-12-10(17-2)6-5-9(8-14)11(12)13(15)16/h5-6,8H,3-4,7H2,1-2H3. The molecule has 1 rings (SSSR count). The van der Waals surface area contributed by atoms with Crippen molar-refractivity contribution in [3.63, 3.8) is 0 Å². The molecule has 0 heterocycles. The number of hydrogen-bond donors (Lipinski definition) is 0. The van der Waals surface area contributed by atoms with Crippen molar-refractivity contribution < 1.29 is 19.2 Å². The first-order chi connectivity index (χ1) is 8.65. The fourth-order valence-electron chi connectivity index (χ4n) is 1.47. The predicted octanol–water partition coefficient (Wildman–Crippen LogP) is 2.59. The Labute approximate surface area is 105 Å². The van der Waals surface area contributed by atoms with Crippen LogP contribution in [0.5, 0.6) is 11.5 Å². The summed E-state index contributed by atoms with van der Waals surface area (Å²) in [6.07, 6.45) is 2.11. The lowest BCUT2D eigenvalue weighted by Crippen LogP contribution is -2.04. The maximum absolute atomic E-state index is 11.0. The van der Waals surface area contributed by atoms with Crippen molar-refractivity contribution in [1.82, 2.24) is 0 Å². The lowest BCUT2D eigenvalue weighted by Gasteiger charge is -2.11. The predicted molar refractivity (Wildman–Crippen MR) is 65.4 cm³/mol. The number of aldehydes is 1. The van der Waals surface area contributed by atoms with Crippen molar-refractivity contribution in [2.75, 3.05) is 13.7 Å². The third kappa shape index (κ3) is 2.97. The third-order valence-electron chi connectivity index (χ3n) is 2.40. The van der Waals surface area contributed by atoms with Crippen LogP contribution in [0.4, 0.5) is 5.69 Å². The van der Waals surface area contributed by atoms with E-state index in [1.54, 1.807) is 0 Å². The lowest BCUT2D eigenvalue weighted by molar-refractivity contribution is -0.386. The molecule has 0 aliphatic heterocycles. The van der Waals surface area contributed by atoms with Gasteiger partial charge in [0, 0.05) is 0 Å². The van der Waals surface area contributed by atoms with E-state index in [1.807, 2.05) is 6.92 Å². The van der Waals surface area contributed by atoms with E-state index in [0.29, 0.717) is 12.9 Å². The summed E-state index contributed by atoms with van der Waals surface area (Å²) in [5.74, 6) is 0.268. The van der Waals surface area contributed by atoms with Gasteiger partial charge in [0.15, 0.2) is 12.0 Å². The third-order valence-corrected chi connectivity index (χ3v) is 2.40. The first-order valence-electron chi connectivity index (χ1n) is 5.59. The molecule has 0 saturated heterocycles. The van der Waals surface area contributed by atoms with Crippen LogP contribution in [0.15, 0.2) is 12.1 Å². The van der Waals surface area contributed by atoms with E-state index < -0.39 is 4.92 Å². The molecule has 6 nitrogen and oxygen atoms in total. The Morgan fingerprint density at radius 1 is 1.44 bits per heavy atom. The van der Waals surface area contributed by atoms with Crippen LogP contribution in [0, 0.1) is 10.1 Å². The average molecular weight is 253 g/mol. The number of methoxy groups -OCH3 is 1. The number of benzene rings is 1. The quantitative estimate of drug-likeness (QED) is 0.323. The minimum atomic E-state index is -0.631. The smallest absolute Gasteiger partial charge is 0.325 e. The van der Waals surface area contributed by atoms with Crippen LogP contribution in [-0.4, -0.2) is 24.9 Å². The molecule has 1 aromatic carbocycles. The fraction of sp³-hybridized carbons (Fsp3) is 0.417. The number of nitro groups is 1. The molecule has 0 fully saturated rings. The minimum absolute atomic E-state index is 0.0144. The van der Waals surface area contributed by atoms with Crippen LogP contribution in [0.2, 0.25) is 0 Å². The van der Waals surface area contributed by atoms with Gasteiger partial charge < -0.3 is 9.47 Å². The number of nitro benzene ring substituents is 1. The van der Waals surface area contributed by atoms with E-state index in [2.05, 4.69) is 0 Å². The summed E-state index contributed by atoms with van der Waals surface area (Å²) >= 11 is 0. The SMILES string of the molecule is CCCCOc1c(OC)ccc(C=O)c1[N+](=O)[O-]. The van der Waals surface area contributed by atoms with Gasteiger partial charge in [-0.15, -0.1) is 0 Å². The van der Waals surface area contributed by atoms with Gasteiger partial charge in [0.25, 0.3) is 0 Å². The normalized spacial score (nSPS) is 9.89. The average Bonchev–Trinajstić information content (AvgIpc) is 2.37. The van der Waals surface area contributed by atoms with Crippen LogP contribution in [0.25, 0.3) is 0 Å². The molecule has 6 heteroatoms. The molecule has 98 valence electrons. The Morgan fingerprint density at radius 3 is 2.67 bits per heavy atom. The molecule has 18 heavy (non-hydrogen) atoms. The Balaban J connectivity index is 3.22. The fourth-order valence-corrected chi connectivity index (χ4v) is 1.47. The highest BCUT2D eigenvalue weighted by molar-refractivity contribution is 5.85. The Kier molecular flexibility index (Phi) is 5.10. The van der Waals surface area contributed by atoms with Crippen molar-refractivity contribution >= 4 is 12.0 Å². The van der Waals surface area contributed by atoms with Gasteiger partial charge in [-0.3, -0.25) is 14.9 Å². The molecule has 0 bridgehead atoms. The molecule has 0 aliphatic rings. The van der Waals surface area contributed by atoms with E-state index in [9.17, 15) is 14.9 Å². The topological polar surface area (TPSA) is 78.7 Å². The zero-order valence-corrected chi connectivity index (χ0v) is 10.3. The number of hydrogen-bond acceptors (Lipinski definition) is 5. The molecule has 0 saturated carbocycles. The van der Waals surface area contributed by atoms with Crippen molar-refractivity contribution in [3.8, 4) is 11.5 Å². The Bertz CT molecular complexity index is 444. The highest BCUT2D eigenvalue weighted by Crippen LogP contribution is 2.39. The maximum atomic E-state index is 11.0. The number of rotatable bonds is 7. The van der Waals surface area contributed by atoms with E-state index in [0.717, 1.165) is 12.8 Å². The maximum Gasteiger partial charge on any atom is 0.325 e. The summed E-state index contributed by atoms with van der Waals surface area (Å²) in [6, 6.07) is 2.83. The van der Waals surface area contributed by atoms with Crippen LogP contribution in [0.1, 0.15) is 30.1 Å². The Morgan fingerprint density at radius 2 is 2.17 bits per heavy atom. The van der Waals surface area contributed by atoms with Gasteiger partial charge >= 0.3 is 5.69 Å². The van der Waals surface area contributed by atoms with Gasteiger partial charge in [-0.05, 0) is 18.6 Å². The van der Waals surface area contributed by atoms with E-state index in [-0.39, 0.29) is 22.7 Å². The molecule has 0 amide bonds. The van der Waals surface area contributed by atoms with Gasteiger partial charge in [0.2, 0.25) is 5.75 Å². The summed E-state index contributed by atoms with van der Waals surface area (Å²) in [5.41, 5.74) is -0.368. The van der Waals surface area contributed by atoms with Crippen molar-refractivity contribution in [2.24, 2.45) is 0 Å². The zero-order chi connectivity index (χ0) is 13.5. The second-order valence-corrected chi connectivity index (χ2v) is 3.61. The minimum Gasteiger partial charge on any atom is -0.493 e. The molecule has 0 atom stereocenters. The monoisotopic (exact) mass is 253 g/mol. The van der Waals surface area contributed by atoms with Gasteiger partial charge in [0.1, 0.15) is 0 Å². The summed E-state index contributed by atoms with van der Waals surface area (Å²) in [6.45, 7) is 2.33. The van der Waals surface area contributed by atoms with Gasteiger partial charge in [0.05, 0.1) is 24.2 Å². The highest BCUT2D eigenvalue weighted by Gasteiger charge is 2.25. The molecule has 0 radical (unpaired) electrons. The number of carbonyl (C=O) groups excluding carboxylic acids is 1. The first-order valence-corrected chi connectivity index (χ1v) is 5.59. The second kappa shape index (κ2) is 6.58. The van der Waals surface area contributed by atoms with E-state index in [4.69, 9.17) is 9.47 Å². The first kappa shape index (κ1) is 14.0. The van der Waals surface area contributed by atoms with Gasteiger partial charge in [-0.25, -0.2) is 0 Å². The summed E-state index contributed by atoms with van der Waals surface area (Å²) in [5, 5.41) is 11.0. The molecule has 0 aliphatic carbocycles. The van der Waals surface area contributed by atoms with Crippen LogP contribution >= 0.6 is 0 Å². The van der Waals surface area contributed by atoms with Gasteiger partial charge in [-0.2, -0.15) is 0 Å². The molecule has 0 aromatic heterocycles. The van der Waals surface area contributed by atoms with Crippen LogP contribution < -0.4 is 9.47 Å². The summed E-state index contributed by atoms with van der Waals surface area (Å²) < 4.78 is 10.4. The lowest BCUT2D eigenvalue weighted by atomic mass is 10.1. The summed E-state index contributed by atoms with van der Waals surface area (Å²) in [7, 11) is 1.40. The Hall–Kier alpha value is -2.11. The van der Waals surface area contributed by atoms with E-state index >= 15 is 0 Å². The molecule has 0 spiro atoms. The molecular formula is C12H15NO5. The van der Waals surface area contributed by atoms with Crippen molar-refractivity contribution in [2.45, 2.75) is 19.8 Å².